The Labute approximate surface area is 110 Å². The molecule has 3 N–H and O–H groups in total. The van der Waals surface area contributed by atoms with E-state index in [9.17, 15) is 9.90 Å². The van der Waals surface area contributed by atoms with Crippen molar-refractivity contribution in [2.45, 2.75) is 51.6 Å². The Hall–Kier alpha value is -0.610. The summed E-state index contributed by atoms with van der Waals surface area (Å²) in [6.07, 6.45) is 5.62. The van der Waals surface area contributed by atoms with Gasteiger partial charge in [0.1, 0.15) is 0 Å². The average molecular weight is 254 g/mol. The van der Waals surface area contributed by atoms with Crippen molar-refractivity contribution in [2.75, 3.05) is 19.6 Å². The number of aliphatic hydroxyl groups is 1. The molecule has 0 aromatic rings. The van der Waals surface area contributed by atoms with Gasteiger partial charge in [-0.2, -0.15) is 0 Å². The van der Waals surface area contributed by atoms with Crippen molar-refractivity contribution in [2.24, 2.45) is 11.3 Å². The van der Waals surface area contributed by atoms with Crippen LogP contribution in [0.3, 0.4) is 0 Å². The van der Waals surface area contributed by atoms with E-state index in [4.69, 9.17) is 0 Å². The maximum atomic E-state index is 12.3. The summed E-state index contributed by atoms with van der Waals surface area (Å²) in [4.78, 5) is 12.3. The largest absolute Gasteiger partial charge is 0.393 e. The molecule has 0 radical (unpaired) electrons. The summed E-state index contributed by atoms with van der Waals surface area (Å²) >= 11 is 0. The summed E-state index contributed by atoms with van der Waals surface area (Å²) < 4.78 is 0. The van der Waals surface area contributed by atoms with Crippen molar-refractivity contribution in [3.8, 4) is 0 Å². The van der Waals surface area contributed by atoms with Gasteiger partial charge in [0.2, 0.25) is 5.91 Å². The maximum Gasteiger partial charge on any atom is 0.227 e. The predicted octanol–water partition coefficient (Wildman–Crippen LogP) is 1.04. The highest BCUT2D eigenvalue weighted by atomic mass is 16.3. The van der Waals surface area contributed by atoms with E-state index in [-0.39, 0.29) is 17.4 Å². The second kappa shape index (κ2) is 6.02. The smallest absolute Gasteiger partial charge is 0.227 e. The van der Waals surface area contributed by atoms with Crippen LogP contribution in [-0.2, 0) is 4.79 Å². The Balaban J connectivity index is 1.77. The van der Waals surface area contributed by atoms with Gasteiger partial charge in [-0.05, 0) is 51.0 Å². The second-order valence-corrected chi connectivity index (χ2v) is 5.95. The maximum absolute atomic E-state index is 12.3. The van der Waals surface area contributed by atoms with E-state index in [2.05, 4.69) is 17.6 Å². The highest BCUT2D eigenvalue weighted by Crippen LogP contribution is 2.30. The zero-order valence-corrected chi connectivity index (χ0v) is 11.4. The second-order valence-electron chi connectivity index (χ2n) is 5.95. The molecule has 0 spiro atoms. The van der Waals surface area contributed by atoms with Gasteiger partial charge >= 0.3 is 0 Å². The van der Waals surface area contributed by atoms with Crippen LogP contribution in [0.5, 0.6) is 0 Å². The van der Waals surface area contributed by atoms with E-state index in [1.54, 1.807) is 0 Å². The number of amides is 1. The van der Waals surface area contributed by atoms with Crippen molar-refractivity contribution in [1.29, 1.82) is 0 Å². The lowest BCUT2D eigenvalue weighted by molar-refractivity contribution is -0.130. The topological polar surface area (TPSA) is 61.4 Å². The molecule has 1 aliphatic carbocycles. The highest BCUT2D eigenvalue weighted by molar-refractivity contribution is 5.83. The molecular weight excluding hydrogens is 228 g/mol. The van der Waals surface area contributed by atoms with E-state index in [0.717, 1.165) is 58.2 Å². The number of hydrogen-bond donors (Lipinski definition) is 3. The first-order valence-electron chi connectivity index (χ1n) is 7.33. The molecule has 1 heterocycles. The third kappa shape index (κ3) is 3.04. The van der Waals surface area contributed by atoms with Gasteiger partial charge in [-0.1, -0.05) is 6.92 Å². The summed E-state index contributed by atoms with van der Waals surface area (Å²) in [5, 5.41) is 15.9. The van der Waals surface area contributed by atoms with Gasteiger partial charge in [0, 0.05) is 13.1 Å². The van der Waals surface area contributed by atoms with Crippen molar-refractivity contribution in [3.05, 3.63) is 0 Å². The van der Waals surface area contributed by atoms with Crippen LogP contribution in [0.1, 0.15) is 45.4 Å². The van der Waals surface area contributed by atoms with Crippen molar-refractivity contribution in [3.63, 3.8) is 0 Å². The molecule has 4 heteroatoms. The summed E-state index contributed by atoms with van der Waals surface area (Å²) in [5.41, 5.74) is -0.172. The lowest BCUT2D eigenvalue weighted by atomic mass is 9.82. The standard InChI is InChI=1S/C14H26N2O2/c1-2-14(7-8-15-10-14)13(18)16-9-11-3-5-12(17)6-4-11/h11-12,15,17H,2-10H2,1H3,(H,16,18). The van der Waals surface area contributed by atoms with E-state index in [1.165, 1.54) is 0 Å². The molecular formula is C14H26N2O2. The minimum Gasteiger partial charge on any atom is -0.393 e. The molecule has 1 atom stereocenters. The molecule has 2 fully saturated rings. The highest BCUT2D eigenvalue weighted by Gasteiger charge is 2.39. The molecule has 0 aromatic carbocycles. The lowest BCUT2D eigenvalue weighted by Crippen LogP contribution is -2.44. The van der Waals surface area contributed by atoms with Gasteiger partial charge < -0.3 is 15.7 Å². The molecule has 2 rings (SSSR count). The average Bonchev–Trinajstić information content (AvgIpc) is 2.88. The Kier molecular flexibility index (Phi) is 4.62. The SMILES string of the molecule is CCC1(C(=O)NCC2CCC(O)CC2)CCNC1. The summed E-state index contributed by atoms with van der Waals surface area (Å²) in [6, 6.07) is 0. The number of carbonyl (C=O) groups is 1. The number of aliphatic hydroxyl groups excluding tert-OH is 1. The van der Waals surface area contributed by atoms with Crippen LogP contribution in [0.4, 0.5) is 0 Å². The van der Waals surface area contributed by atoms with Gasteiger partial charge in [0.15, 0.2) is 0 Å². The first kappa shape index (κ1) is 13.8. The molecule has 0 aromatic heterocycles. The number of hydrogen-bond acceptors (Lipinski definition) is 3. The van der Waals surface area contributed by atoms with Crippen LogP contribution in [0.15, 0.2) is 0 Å². The van der Waals surface area contributed by atoms with E-state index < -0.39 is 0 Å². The molecule has 1 unspecified atom stereocenters. The third-order valence-corrected chi connectivity index (χ3v) is 4.77. The van der Waals surface area contributed by atoms with Crippen LogP contribution >= 0.6 is 0 Å². The Morgan fingerprint density at radius 1 is 1.39 bits per heavy atom. The van der Waals surface area contributed by atoms with Crippen molar-refractivity contribution < 1.29 is 9.90 Å². The fourth-order valence-electron chi connectivity index (χ4n) is 3.17. The molecule has 104 valence electrons. The van der Waals surface area contributed by atoms with Crippen LogP contribution in [0, 0.1) is 11.3 Å². The van der Waals surface area contributed by atoms with E-state index >= 15 is 0 Å². The quantitative estimate of drug-likeness (QED) is 0.702. The molecule has 2 aliphatic rings. The summed E-state index contributed by atoms with van der Waals surface area (Å²) in [7, 11) is 0. The first-order chi connectivity index (χ1) is 8.66. The molecule has 1 saturated heterocycles. The van der Waals surface area contributed by atoms with Gasteiger partial charge in [-0.25, -0.2) is 0 Å². The zero-order chi connectivity index (χ0) is 13.0. The van der Waals surface area contributed by atoms with Crippen LogP contribution in [0.25, 0.3) is 0 Å². The third-order valence-electron chi connectivity index (χ3n) is 4.77. The van der Waals surface area contributed by atoms with Crippen molar-refractivity contribution >= 4 is 5.91 Å². The van der Waals surface area contributed by atoms with Crippen LogP contribution < -0.4 is 10.6 Å². The van der Waals surface area contributed by atoms with E-state index in [0.29, 0.717) is 5.92 Å². The van der Waals surface area contributed by atoms with Gasteiger partial charge in [-0.15, -0.1) is 0 Å². The normalized spacial score (nSPS) is 36.6. The fraction of sp³-hybridized carbons (Fsp3) is 0.929. The molecule has 1 amide bonds. The minimum atomic E-state index is -0.172. The summed E-state index contributed by atoms with van der Waals surface area (Å²) in [5.74, 6) is 0.779. The number of carbonyl (C=O) groups excluding carboxylic acids is 1. The molecule has 18 heavy (non-hydrogen) atoms. The van der Waals surface area contributed by atoms with Crippen LogP contribution in [0.2, 0.25) is 0 Å². The first-order valence-corrected chi connectivity index (χ1v) is 7.33. The van der Waals surface area contributed by atoms with Crippen LogP contribution in [-0.4, -0.2) is 36.8 Å². The van der Waals surface area contributed by atoms with Gasteiger partial charge in [-0.3, -0.25) is 4.79 Å². The van der Waals surface area contributed by atoms with E-state index in [1.807, 2.05) is 0 Å². The molecule has 1 saturated carbocycles. The van der Waals surface area contributed by atoms with Gasteiger partial charge in [0.25, 0.3) is 0 Å². The number of nitrogens with one attached hydrogen (secondary N) is 2. The number of rotatable bonds is 4. The fourth-order valence-corrected chi connectivity index (χ4v) is 3.17. The minimum absolute atomic E-state index is 0.113. The molecule has 1 aliphatic heterocycles. The Morgan fingerprint density at radius 2 is 2.11 bits per heavy atom. The zero-order valence-electron chi connectivity index (χ0n) is 11.4. The van der Waals surface area contributed by atoms with Crippen molar-refractivity contribution in [1.82, 2.24) is 10.6 Å². The van der Waals surface area contributed by atoms with Gasteiger partial charge in [0.05, 0.1) is 11.5 Å². The Morgan fingerprint density at radius 3 is 2.67 bits per heavy atom. The molecule has 4 nitrogen and oxygen atoms in total. The molecule has 0 bridgehead atoms. The Bertz CT molecular complexity index is 280. The lowest BCUT2D eigenvalue weighted by Gasteiger charge is -2.29. The monoisotopic (exact) mass is 254 g/mol. The summed E-state index contributed by atoms with van der Waals surface area (Å²) in [6.45, 7) is 4.66. The predicted molar refractivity (Wildman–Crippen MR) is 71.2 cm³/mol.